The number of benzene rings is 2. The minimum Gasteiger partial charge on any atom is -0.341 e. The highest BCUT2D eigenvalue weighted by molar-refractivity contribution is 8.01. The fourth-order valence-electron chi connectivity index (χ4n) is 3.61. The van der Waals surface area contributed by atoms with Gasteiger partial charge in [-0.2, -0.15) is 11.3 Å². The number of amides is 1. The molecule has 0 saturated carbocycles. The monoisotopic (exact) mass is 461 g/mol. The number of hydrogen-bond donors (Lipinski definition) is 1. The third kappa shape index (κ3) is 3.97. The average Bonchev–Trinajstić information content (AvgIpc) is 3.20. The maximum Gasteiger partial charge on any atom is 0.242 e. The molecule has 1 aliphatic rings. The number of carbonyl (C=O) groups is 2. The van der Waals surface area contributed by atoms with Crippen LogP contribution < -0.4 is 5.32 Å². The van der Waals surface area contributed by atoms with Crippen LogP contribution in [0.25, 0.3) is 0 Å². The van der Waals surface area contributed by atoms with Gasteiger partial charge >= 0.3 is 0 Å². The van der Waals surface area contributed by atoms with Crippen molar-refractivity contribution in [1.82, 2.24) is 5.32 Å². The van der Waals surface area contributed by atoms with Crippen LogP contribution in [0.4, 0.5) is 0 Å². The van der Waals surface area contributed by atoms with E-state index in [1.165, 1.54) is 23.1 Å². The SMILES string of the molecule is Cc1cc(Cl)cc(C2(c3ccsc3)CC(=O)C(Sc3ccccc3Cl)C(=O)N2)c1. The average molecular weight is 462 g/mol. The van der Waals surface area contributed by atoms with E-state index in [1.54, 1.807) is 6.07 Å². The van der Waals surface area contributed by atoms with Gasteiger partial charge in [-0.3, -0.25) is 9.59 Å². The van der Waals surface area contributed by atoms with E-state index < -0.39 is 10.8 Å². The van der Waals surface area contributed by atoms with Gasteiger partial charge in [-0.15, -0.1) is 11.8 Å². The van der Waals surface area contributed by atoms with Crippen molar-refractivity contribution in [2.75, 3.05) is 0 Å². The Kier molecular flexibility index (Phi) is 5.76. The highest BCUT2D eigenvalue weighted by atomic mass is 35.5. The maximum absolute atomic E-state index is 13.2. The van der Waals surface area contributed by atoms with Crippen LogP contribution in [0.5, 0.6) is 0 Å². The second kappa shape index (κ2) is 8.15. The van der Waals surface area contributed by atoms with Gasteiger partial charge in [-0.05, 0) is 64.7 Å². The number of piperidine rings is 1. The Labute approximate surface area is 187 Å². The van der Waals surface area contributed by atoms with Crippen molar-refractivity contribution >= 4 is 58.0 Å². The van der Waals surface area contributed by atoms with E-state index in [9.17, 15) is 9.59 Å². The van der Waals surface area contributed by atoms with Gasteiger partial charge in [0.15, 0.2) is 5.78 Å². The topological polar surface area (TPSA) is 46.2 Å². The molecule has 2 aromatic carbocycles. The number of thiophene rings is 1. The van der Waals surface area contributed by atoms with Crippen LogP contribution >= 0.6 is 46.3 Å². The summed E-state index contributed by atoms with van der Waals surface area (Å²) >= 11 is 15.2. The molecule has 1 amide bonds. The molecule has 4 rings (SSSR count). The number of rotatable bonds is 4. The van der Waals surface area contributed by atoms with Crippen molar-refractivity contribution in [3.63, 3.8) is 0 Å². The first-order valence-corrected chi connectivity index (χ1v) is 11.5. The molecular weight excluding hydrogens is 445 g/mol. The molecule has 148 valence electrons. The molecule has 0 spiro atoms. The number of nitrogens with one attached hydrogen (secondary N) is 1. The molecule has 1 N–H and O–H groups in total. The van der Waals surface area contributed by atoms with Crippen molar-refractivity contribution in [2.45, 2.75) is 29.0 Å². The molecule has 0 aliphatic carbocycles. The van der Waals surface area contributed by atoms with Gasteiger partial charge in [-0.25, -0.2) is 0 Å². The van der Waals surface area contributed by atoms with Gasteiger partial charge in [0.05, 0.1) is 10.6 Å². The highest BCUT2D eigenvalue weighted by Gasteiger charge is 2.47. The summed E-state index contributed by atoms with van der Waals surface area (Å²) in [5.41, 5.74) is 1.73. The Morgan fingerprint density at radius 1 is 1.10 bits per heavy atom. The Balaban J connectivity index is 1.74. The fourth-order valence-corrected chi connectivity index (χ4v) is 5.87. The van der Waals surface area contributed by atoms with Crippen molar-refractivity contribution in [3.05, 3.63) is 86.0 Å². The van der Waals surface area contributed by atoms with E-state index in [0.717, 1.165) is 16.7 Å². The molecule has 1 saturated heterocycles. The Bertz CT molecular complexity index is 1040. The van der Waals surface area contributed by atoms with E-state index in [2.05, 4.69) is 5.32 Å². The molecule has 3 nitrogen and oxygen atoms in total. The zero-order valence-corrected chi connectivity index (χ0v) is 18.6. The van der Waals surface area contributed by atoms with E-state index in [1.807, 2.05) is 60.1 Å². The second-order valence-electron chi connectivity index (χ2n) is 7.00. The van der Waals surface area contributed by atoms with Crippen LogP contribution in [0.3, 0.4) is 0 Å². The van der Waals surface area contributed by atoms with Crippen molar-refractivity contribution in [3.8, 4) is 0 Å². The number of ketones is 1. The third-order valence-corrected chi connectivity index (χ3v) is 7.60. The molecule has 0 bridgehead atoms. The molecule has 1 aliphatic heterocycles. The maximum atomic E-state index is 13.2. The normalized spacial score (nSPS) is 21.8. The molecule has 2 unspecified atom stereocenters. The van der Waals surface area contributed by atoms with Crippen LogP contribution in [-0.2, 0) is 15.1 Å². The molecule has 7 heteroatoms. The summed E-state index contributed by atoms with van der Waals surface area (Å²) in [4.78, 5) is 27.1. The van der Waals surface area contributed by atoms with Gasteiger partial charge in [0.1, 0.15) is 5.25 Å². The zero-order valence-electron chi connectivity index (χ0n) is 15.4. The molecule has 2 heterocycles. The fraction of sp³-hybridized carbons (Fsp3) is 0.182. The van der Waals surface area contributed by atoms with Gasteiger partial charge < -0.3 is 5.32 Å². The molecule has 29 heavy (non-hydrogen) atoms. The lowest BCUT2D eigenvalue weighted by molar-refractivity contribution is -0.132. The van der Waals surface area contributed by atoms with E-state index in [4.69, 9.17) is 23.2 Å². The molecule has 1 fully saturated rings. The summed E-state index contributed by atoms with van der Waals surface area (Å²) in [6.07, 6.45) is 0.150. The van der Waals surface area contributed by atoms with E-state index in [0.29, 0.717) is 14.9 Å². The number of aryl methyl sites for hydroxylation is 1. The summed E-state index contributed by atoms with van der Waals surface area (Å²) in [7, 11) is 0. The summed E-state index contributed by atoms with van der Waals surface area (Å²) in [6.45, 7) is 1.94. The van der Waals surface area contributed by atoms with Crippen LogP contribution in [0, 0.1) is 6.92 Å². The first-order valence-electron chi connectivity index (χ1n) is 8.95. The van der Waals surface area contributed by atoms with Crippen molar-refractivity contribution in [2.24, 2.45) is 0 Å². The quantitative estimate of drug-likeness (QED) is 0.495. The summed E-state index contributed by atoms with van der Waals surface area (Å²) in [5, 5.41) is 7.31. The number of thioether (sulfide) groups is 1. The van der Waals surface area contributed by atoms with Gasteiger partial charge in [0, 0.05) is 16.3 Å². The smallest absolute Gasteiger partial charge is 0.242 e. The van der Waals surface area contributed by atoms with Crippen LogP contribution in [0.2, 0.25) is 10.0 Å². The number of halogens is 2. The predicted molar refractivity (Wildman–Crippen MR) is 120 cm³/mol. The predicted octanol–water partition coefficient (Wildman–Crippen LogP) is 5.86. The highest BCUT2D eigenvalue weighted by Crippen LogP contribution is 2.42. The Morgan fingerprint density at radius 2 is 1.90 bits per heavy atom. The first-order chi connectivity index (χ1) is 13.9. The van der Waals surface area contributed by atoms with Crippen molar-refractivity contribution in [1.29, 1.82) is 0 Å². The second-order valence-corrected chi connectivity index (χ2v) is 9.77. The lowest BCUT2D eigenvalue weighted by Gasteiger charge is -2.40. The summed E-state index contributed by atoms with van der Waals surface area (Å²) in [6, 6.07) is 14.8. The van der Waals surface area contributed by atoms with Crippen LogP contribution in [0.15, 0.2) is 64.2 Å². The minimum atomic E-state index is -0.929. The van der Waals surface area contributed by atoms with Crippen LogP contribution in [0.1, 0.15) is 23.1 Å². The minimum absolute atomic E-state index is 0.137. The first kappa shape index (κ1) is 20.5. The van der Waals surface area contributed by atoms with Crippen molar-refractivity contribution < 1.29 is 9.59 Å². The number of hydrogen-bond acceptors (Lipinski definition) is 4. The summed E-state index contributed by atoms with van der Waals surface area (Å²) < 4.78 is 0. The lowest BCUT2D eigenvalue weighted by Crippen LogP contribution is -2.58. The molecule has 0 radical (unpaired) electrons. The standard InChI is InChI=1S/C22H17Cl2NO2S2/c1-13-8-15(10-16(23)9-13)22(14-6-7-28-12-14)11-18(26)20(21(27)25-22)29-19-5-3-2-4-17(19)24/h2-10,12,20H,11H2,1H3,(H,25,27). The molecular formula is C22H17Cl2NO2S2. The van der Waals surface area contributed by atoms with Gasteiger partial charge in [0.25, 0.3) is 0 Å². The zero-order chi connectivity index (χ0) is 20.6. The number of Topliss-reactive ketones (excluding diaryl/α,β-unsaturated/α-hetero) is 1. The largest absolute Gasteiger partial charge is 0.341 e. The summed E-state index contributed by atoms with van der Waals surface area (Å²) in [5.74, 6) is -0.461. The van der Waals surface area contributed by atoms with E-state index in [-0.39, 0.29) is 18.1 Å². The van der Waals surface area contributed by atoms with E-state index >= 15 is 0 Å². The molecule has 2 atom stereocenters. The van der Waals surface area contributed by atoms with Crippen LogP contribution in [-0.4, -0.2) is 16.9 Å². The Hall–Kier alpha value is -1.79. The van der Waals surface area contributed by atoms with Gasteiger partial charge in [0.2, 0.25) is 5.91 Å². The third-order valence-electron chi connectivity index (χ3n) is 4.94. The molecule has 1 aromatic heterocycles. The Morgan fingerprint density at radius 3 is 2.55 bits per heavy atom. The molecule has 3 aromatic rings. The lowest BCUT2D eigenvalue weighted by atomic mass is 9.77. The number of carbonyl (C=O) groups excluding carboxylic acids is 2. The van der Waals surface area contributed by atoms with Gasteiger partial charge in [-0.1, -0.05) is 41.4 Å².